The molecule has 1 aliphatic carbocycles. The van der Waals surface area contributed by atoms with Gasteiger partial charge in [-0.2, -0.15) is 0 Å². The molecule has 1 atom stereocenters. The van der Waals surface area contributed by atoms with Gasteiger partial charge in [-0.05, 0) is 49.4 Å². The first-order valence-corrected chi connectivity index (χ1v) is 10.5. The van der Waals surface area contributed by atoms with E-state index in [2.05, 4.69) is 50.9 Å². The maximum absolute atomic E-state index is 6.48. The van der Waals surface area contributed by atoms with Crippen molar-refractivity contribution in [1.29, 1.82) is 0 Å². The van der Waals surface area contributed by atoms with Gasteiger partial charge in [0.05, 0.1) is 6.04 Å². The summed E-state index contributed by atoms with van der Waals surface area (Å²) in [5, 5.41) is 7.11. The minimum Gasteiger partial charge on any atom is -0.487 e. The molecular formula is C23H31N5O. The van der Waals surface area contributed by atoms with Crippen LogP contribution in [0.25, 0.3) is 0 Å². The second-order valence-electron chi connectivity index (χ2n) is 8.27. The zero-order valence-electron chi connectivity index (χ0n) is 17.6. The van der Waals surface area contributed by atoms with Crippen molar-refractivity contribution in [2.75, 3.05) is 26.0 Å². The molecule has 6 heteroatoms. The number of pyridine rings is 1. The molecule has 0 saturated heterocycles. The van der Waals surface area contributed by atoms with Crippen molar-refractivity contribution in [3.8, 4) is 5.75 Å². The molecule has 1 aliphatic heterocycles. The monoisotopic (exact) mass is 393 g/mol. The number of fused-ring (bicyclic) bond motifs is 1. The summed E-state index contributed by atoms with van der Waals surface area (Å²) in [5.41, 5.74) is 2.36. The molecule has 29 heavy (non-hydrogen) atoms. The van der Waals surface area contributed by atoms with E-state index in [0.717, 1.165) is 36.8 Å². The number of nitrogens with one attached hydrogen (secondary N) is 2. The first-order chi connectivity index (χ1) is 14.1. The largest absolute Gasteiger partial charge is 0.487 e. The Morgan fingerprint density at radius 1 is 1.24 bits per heavy atom. The number of para-hydroxylation sites is 1. The molecular weight excluding hydrogens is 362 g/mol. The molecule has 6 nitrogen and oxygen atoms in total. The van der Waals surface area contributed by atoms with E-state index in [1.54, 1.807) is 0 Å². The SMILES string of the molecule is CN=C(NCc1ccnc(N(C)C)c1)NC1CC2(CCCC2)Oc2ccccc21. The number of hydrogen-bond donors (Lipinski definition) is 2. The molecule has 0 amide bonds. The molecule has 4 rings (SSSR count). The third-order valence-corrected chi connectivity index (χ3v) is 5.97. The lowest BCUT2D eigenvalue weighted by Crippen LogP contribution is -2.46. The van der Waals surface area contributed by atoms with Gasteiger partial charge in [0, 0.05) is 45.9 Å². The number of aliphatic imine (C=N–C) groups is 1. The maximum atomic E-state index is 6.48. The highest BCUT2D eigenvalue weighted by atomic mass is 16.5. The molecule has 1 saturated carbocycles. The highest BCUT2D eigenvalue weighted by molar-refractivity contribution is 5.80. The van der Waals surface area contributed by atoms with E-state index in [-0.39, 0.29) is 11.6 Å². The zero-order chi connectivity index (χ0) is 20.3. The van der Waals surface area contributed by atoms with Gasteiger partial charge in [0.2, 0.25) is 0 Å². The van der Waals surface area contributed by atoms with Crippen molar-refractivity contribution in [2.45, 2.75) is 50.3 Å². The molecule has 1 aromatic heterocycles. The van der Waals surface area contributed by atoms with Gasteiger partial charge in [-0.1, -0.05) is 18.2 Å². The van der Waals surface area contributed by atoms with E-state index in [0.29, 0.717) is 6.54 Å². The first kappa shape index (κ1) is 19.6. The summed E-state index contributed by atoms with van der Waals surface area (Å²) in [6.07, 6.45) is 7.59. The number of rotatable bonds is 4. The second-order valence-corrected chi connectivity index (χ2v) is 8.27. The zero-order valence-corrected chi connectivity index (χ0v) is 17.6. The van der Waals surface area contributed by atoms with E-state index in [4.69, 9.17) is 4.74 Å². The predicted molar refractivity (Wildman–Crippen MR) is 118 cm³/mol. The summed E-state index contributed by atoms with van der Waals surface area (Å²) in [4.78, 5) is 10.9. The Balaban J connectivity index is 1.47. The van der Waals surface area contributed by atoms with Crippen LogP contribution in [0.3, 0.4) is 0 Å². The lowest BCUT2D eigenvalue weighted by Gasteiger charge is -2.40. The van der Waals surface area contributed by atoms with Gasteiger partial charge in [0.15, 0.2) is 5.96 Å². The fraction of sp³-hybridized carbons (Fsp3) is 0.478. The third-order valence-electron chi connectivity index (χ3n) is 5.97. The average Bonchev–Trinajstić information content (AvgIpc) is 3.18. The lowest BCUT2D eigenvalue weighted by atomic mass is 9.86. The van der Waals surface area contributed by atoms with Gasteiger partial charge in [-0.15, -0.1) is 0 Å². The highest BCUT2D eigenvalue weighted by Gasteiger charge is 2.43. The molecule has 2 aromatic rings. The number of nitrogens with zero attached hydrogens (tertiary/aromatic N) is 3. The van der Waals surface area contributed by atoms with Crippen LogP contribution in [-0.4, -0.2) is 37.7 Å². The topological polar surface area (TPSA) is 61.8 Å². The van der Waals surface area contributed by atoms with Crippen LogP contribution in [0, 0.1) is 0 Å². The molecule has 1 aromatic carbocycles. The fourth-order valence-corrected chi connectivity index (χ4v) is 4.43. The van der Waals surface area contributed by atoms with Crippen LogP contribution in [0.4, 0.5) is 5.82 Å². The highest BCUT2D eigenvalue weighted by Crippen LogP contribution is 2.46. The van der Waals surface area contributed by atoms with Crippen molar-refractivity contribution in [3.63, 3.8) is 0 Å². The molecule has 1 fully saturated rings. The Hall–Kier alpha value is -2.76. The summed E-state index contributed by atoms with van der Waals surface area (Å²) >= 11 is 0. The van der Waals surface area contributed by atoms with Crippen LogP contribution in [-0.2, 0) is 6.54 Å². The van der Waals surface area contributed by atoms with Crippen LogP contribution in [0.2, 0.25) is 0 Å². The van der Waals surface area contributed by atoms with Crippen LogP contribution in [0.1, 0.15) is 49.3 Å². The molecule has 2 aliphatic rings. The van der Waals surface area contributed by atoms with Crippen LogP contribution in [0.5, 0.6) is 5.75 Å². The van der Waals surface area contributed by atoms with Gasteiger partial charge >= 0.3 is 0 Å². The van der Waals surface area contributed by atoms with Gasteiger partial charge in [-0.25, -0.2) is 4.98 Å². The van der Waals surface area contributed by atoms with Gasteiger partial charge in [-0.3, -0.25) is 4.99 Å². The molecule has 0 bridgehead atoms. The Morgan fingerprint density at radius 2 is 2.03 bits per heavy atom. The van der Waals surface area contributed by atoms with E-state index in [9.17, 15) is 0 Å². The van der Waals surface area contributed by atoms with Crippen molar-refractivity contribution < 1.29 is 4.74 Å². The Kier molecular flexibility index (Phi) is 5.60. The van der Waals surface area contributed by atoms with E-state index in [1.807, 2.05) is 38.3 Å². The van der Waals surface area contributed by atoms with Crippen molar-refractivity contribution in [2.24, 2.45) is 4.99 Å². The molecule has 1 unspecified atom stereocenters. The van der Waals surface area contributed by atoms with Gasteiger partial charge in [0.1, 0.15) is 17.2 Å². The number of benzene rings is 1. The molecule has 2 N–H and O–H groups in total. The summed E-state index contributed by atoms with van der Waals surface area (Å²) in [5.74, 6) is 2.77. The Labute approximate surface area is 173 Å². The van der Waals surface area contributed by atoms with Crippen molar-refractivity contribution in [1.82, 2.24) is 15.6 Å². The minimum absolute atomic E-state index is 0.0312. The molecule has 154 valence electrons. The number of guanidine groups is 1. The number of hydrogen-bond acceptors (Lipinski definition) is 4. The lowest BCUT2D eigenvalue weighted by molar-refractivity contribution is 0.0396. The summed E-state index contributed by atoms with van der Waals surface area (Å²) in [7, 11) is 5.83. The number of ether oxygens (including phenoxy) is 1. The fourth-order valence-electron chi connectivity index (χ4n) is 4.43. The Morgan fingerprint density at radius 3 is 2.79 bits per heavy atom. The molecule has 0 radical (unpaired) electrons. The average molecular weight is 394 g/mol. The van der Waals surface area contributed by atoms with E-state index < -0.39 is 0 Å². The van der Waals surface area contributed by atoms with Crippen LogP contribution in [0.15, 0.2) is 47.6 Å². The standard InChI is InChI=1S/C23H31N5O/c1-24-22(26-16-17-10-13-25-21(14-17)28(2)3)27-19-15-23(11-6-7-12-23)29-20-9-5-4-8-18(19)20/h4-5,8-10,13-14,19H,6-7,11-12,15-16H2,1-3H3,(H2,24,26,27). The van der Waals surface area contributed by atoms with Gasteiger partial charge < -0.3 is 20.3 Å². The smallest absolute Gasteiger partial charge is 0.191 e. The summed E-state index contributed by atoms with van der Waals surface area (Å²) < 4.78 is 6.48. The number of aromatic nitrogens is 1. The molecule has 1 spiro atoms. The third kappa shape index (κ3) is 4.31. The van der Waals surface area contributed by atoms with Crippen LogP contribution >= 0.6 is 0 Å². The van der Waals surface area contributed by atoms with Crippen molar-refractivity contribution >= 4 is 11.8 Å². The van der Waals surface area contributed by atoms with Gasteiger partial charge in [0.25, 0.3) is 0 Å². The Bertz CT molecular complexity index is 873. The second kappa shape index (κ2) is 8.31. The van der Waals surface area contributed by atoms with E-state index >= 15 is 0 Å². The summed E-state index contributed by atoms with van der Waals surface area (Å²) in [6, 6.07) is 12.7. The quantitative estimate of drug-likeness (QED) is 0.613. The van der Waals surface area contributed by atoms with Crippen LogP contribution < -0.4 is 20.3 Å². The van der Waals surface area contributed by atoms with Crippen molar-refractivity contribution in [3.05, 3.63) is 53.7 Å². The van der Waals surface area contributed by atoms with E-state index in [1.165, 1.54) is 24.0 Å². The maximum Gasteiger partial charge on any atom is 0.191 e. The first-order valence-electron chi connectivity index (χ1n) is 10.5. The molecule has 2 heterocycles. The predicted octanol–water partition coefficient (Wildman–Crippen LogP) is 3.65. The number of anilines is 1. The minimum atomic E-state index is -0.0312. The summed E-state index contributed by atoms with van der Waals surface area (Å²) in [6.45, 7) is 0.693. The normalized spacial score (nSPS) is 20.1.